The van der Waals surface area contributed by atoms with Gasteiger partial charge in [-0.3, -0.25) is 0 Å². The number of nitrogens with zero attached hydrogens (tertiary/aromatic N) is 2. The molecule has 1 aliphatic rings. The van der Waals surface area contributed by atoms with Gasteiger partial charge in [-0.15, -0.1) is 0 Å². The van der Waals surface area contributed by atoms with Crippen molar-refractivity contribution >= 4 is 11.6 Å². The van der Waals surface area contributed by atoms with Gasteiger partial charge in [0, 0.05) is 25.9 Å². The van der Waals surface area contributed by atoms with Crippen LogP contribution in [0.4, 0.5) is 0 Å². The highest BCUT2D eigenvalue weighted by Crippen LogP contribution is 2.26. The predicted molar refractivity (Wildman–Crippen MR) is 60.7 cm³/mol. The van der Waals surface area contributed by atoms with E-state index >= 15 is 0 Å². The van der Waals surface area contributed by atoms with Gasteiger partial charge in [0.2, 0.25) is 0 Å². The number of ether oxygens (including phenoxy) is 2. The molecule has 0 saturated heterocycles. The van der Waals surface area contributed by atoms with Crippen LogP contribution >= 0.6 is 11.6 Å². The Labute approximate surface area is 99.9 Å². The molecule has 1 heterocycles. The van der Waals surface area contributed by atoms with Gasteiger partial charge in [-0.2, -0.15) is 0 Å². The van der Waals surface area contributed by atoms with Crippen molar-refractivity contribution < 1.29 is 9.47 Å². The molecule has 2 rings (SSSR count). The molecule has 1 fully saturated rings. The Kier molecular flexibility index (Phi) is 3.96. The summed E-state index contributed by atoms with van der Waals surface area (Å²) in [7, 11) is 1.74. The van der Waals surface area contributed by atoms with Gasteiger partial charge in [0.15, 0.2) is 5.15 Å². The Bertz CT molecular complexity index is 349. The van der Waals surface area contributed by atoms with Crippen LogP contribution in [-0.4, -0.2) is 29.3 Å². The third-order valence-corrected chi connectivity index (χ3v) is 3.07. The number of hydrogen-bond acceptors (Lipinski definition) is 4. The summed E-state index contributed by atoms with van der Waals surface area (Å²) in [6.45, 7) is 0. The molecule has 0 spiro atoms. The number of aromatic nitrogens is 2. The molecular formula is C11H15ClN2O2. The van der Waals surface area contributed by atoms with Gasteiger partial charge in [-0.05, 0) is 19.3 Å². The summed E-state index contributed by atoms with van der Waals surface area (Å²) in [4.78, 5) is 8.00. The highest BCUT2D eigenvalue weighted by atomic mass is 35.5. The maximum absolute atomic E-state index is 5.88. The molecule has 0 aromatic carbocycles. The van der Waals surface area contributed by atoms with Gasteiger partial charge in [-0.1, -0.05) is 11.6 Å². The molecule has 0 bridgehead atoms. The zero-order chi connectivity index (χ0) is 11.4. The summed E-state index contributed by atoms with van der Waals surface area (Å²) in [5.74, 6) is 0.422. The normalized spacial score (nSPS) is 25.4. The molecule has 0 amide bonds. The van der Waals surface area contributed by atoms with Gasteiger partial charge < -0.3 is 9.47 Å². The van der Waals surface area contributed by atoms with Gasteiger partial charge in [0.1, 0.15) is 6.10 Å². The van der Waals surface area contributed by atoms with E-state index in [0.717, 1.165) is 25.7 Å². The van der Waals surface area contributed by atoms with Crippen LogP contribution in [0.25, 0.3) is 0 Å². The monoisotopic (exact) mass is 242 g/mol. The molecule has 0 aliphatic heterocycles. The van der Waals surface area contributed by atoms with Crippen molar-refractivity contribution in [3.63, 3.8) is 0 Å². The maximum atomic E-state index is 5.88. The fraction of sp³-hybridized carbons (Fsp3) is 0.636. The van der Waals surface area contributed by atoms with E-state index in [9.17, 15) is 0 Å². The minimum atomic E-state index is 0.132. The van der Waals surface area contributed by atoms with E-state index < -0.39 is 0 Å². The Hall–Kier alpha value is -0.870. The molecule has 0 radical (unpaired) electrons. The highest BCUT2D eigenvalue weighted by molar-refractivity contribution is 6.30. The van der Waals surface area contributed by atoms with Crippen molar-refractivity contribution in [2.24, 2.45) is 0 Å². The molecule has 2 unspecified atom stereocenters. The summed E-state index contributed by atoms with van der Waals surface area (Å²) in [6.07, 6.45) is 7.68. The van der Waals surface area contributed by atoms with Gasteiger partial charge >= 0.3 is 0 Å². The van der Waals surface area contributed by atoms with E-state index in [-0.39, 0.29) is 12.2 Å². The van der Waals surface area contributed by atoms with E-state index in [4.69, 9.17) is 21.1 Å². The first-order chi connectivity index (χ1) is 7.79. The predicted octanol–water partition coefficient (Wildman–Crippen LogP) is 2.47. The minimum absolute atomic E-state index is 0.132. The topological polar surface area (TPSA) is 44.2 Å². The molecular weight excluding hydrogens is 228 g/mol. The third-order valence-electron chi connectivity index (χ3n) is 2.81. The van der Waals surface area contributed by atoms with E-state index in [1.165, 1.54) is 0 Å². The average Bonchev–Trinajstić information content (AvgIpc) is 2.32. The van der Waals surface area contributed by atoms with Crippen molar-refractivity contribution in [2.75, 3.05) is 7.11 Å². The van der Waals surface area contributed by atoms with Crippen molar-refractivity contribution in [2.45, 2.75) is 37.9 Å². The fourth-order valence-electron chi connectivity index (χ4n) is 1.97. The number of hydrogen-bond donors (Lipinski definition) is 0. The van der Waals surface area contributed by atoms with Crippen LogP contribution in [0.3, 0.4) is 0 Å². The van der Waals surface area contributed by atoms with Gasteiger partial charge in [0.05, 0.1) is 6.10 Å². The molecule has 4 nitrogen and oxygen atoms in total. The molecule has 5 heteroatoms. The molecule has 1 aromatic rings. The Morgan fingerprint density at radius 3 is 2.75 bits per heavy atom. The molecule has 2 atom stereocenters. The van der Waals surface area contributed by atoms with Crippen LogP contribution in [0.15, 0.2) is 12.4 Å². The lowest BCUT2D eigenvalue weighted by molar-refractivity contribution is 0.0194. The lowest BCUT2D eigenvalue weighted by Crippen LogP contribution is -2.29. The standard InChI is InChI=1S/C11H15ClN2O2/c1-15-8-3-2-4-9(7-8)16-11-10(12)13-5-6-14-11/h5-6,8-9H,2-4,7H2,1H3. The molecule has 1 aliphatic carbocycles. The first-order valence-electron chi connectivity index (χ1n) is 5.45. The van der Waals surface area contributed by atoms with E-state index in [0.29, 0.717) is 11.0 Å². The Balaban J connectivity index is 1.97. The molecule has 0 N–H and O–H groups in total. The fourth-order valence-corrected chi connectivity index (χ4v) is 2.12. The lowest BCUT2D eigenvalue weighted by Gasteiger charge is -2.28. The second-order valence-corrected chi connectivity index (χ2v) is 4.27. The van der Waals surface area contributed by atoms with Crippen molar-refractivity contribution in [3.8, 4) is 5.88 Å². The first-order valence-corrected chi connectivity index (χ1v) is 5.83. The van der Waals surface area contributed by atoms with E-state index in [2.05, 4.69) is 9.97 Å². The van der Waals surface area contributed by atoms with Crippen LogP contribution < -0.4 is 4.74 Å². The van der Waals surface area contributed by atoms with E-state index in [1.807, 2.05) is 0 Å². The Morgan fingerprint density at radius 2 is 2.00 bits per heavy atom. The summed E-state index contributed by atoms with van der Waals surface area (Å²) >= 11 is 5.88. The third kappa shape index (κ3) is 2.83. The quantitative estimate of drug-likeness (QED) is 0.817. The minimum Gasteiger partial charge on any atom is -0.472 e. The van der Waals surface area contributed by atoms with Crippen LogP contribution in [0.1, 0.15) is 25.7 Å². The van der Waals surface area contributed by atoms with Crippen molar-refractivity contribution in [1.82, 2.24) is 9.97 Å². The van der Waals surface area contributed by atoms with Gasteiger partial charge in [-0.25, -0.2) is 9.97 Å². The zero-order valence-corrected chi connectivity index (χ0v) is 9.98. The Morgan fingerprint density at radius 1 is 1.25 bits per heavy atom. The smallest absolute Gasteiger partial charge is 0.252 e. The van der Waals surface area contributed by atoms with Crippen molar-refractivity contribution in [1.29, 1.82) is 0 Å². The molecule has 16 heavy (non-hydrogen) atoms. The van der Waals surface area contributed by atoms with Crippen LogP contribution in [0.2, 0.25) is 5.15 Å². The summed E-state index contributed by atoms with van der Waals surface area (Å²) < 4.78 is 11.1. The van der Waals surface area contributed by atoms with Crippen molar-refractivity contribution in [3.05, 3.63) is 17.5 Å². The van der Waals surface area contributed by atoms with Crippen LogP contribution in [-0.2, 0) is 4.74 Å². The van der Waals surface area contributed by atoms with Gasteiger partial charge in [0.25, 0.3) is 5.88 Å². The number of methoxy groups -OCH3 is 1. The van der Waals surface area contributed by atoms with E-state index in [1.54, 1.807) is 19.5 Å². The van der Waals surface area contributed by atoms with Crippen LogP contribution in [0, 0.1) is 0 Å². The largest absolute Gasteiger partial charge is 0.472 e. The average molecular weight is 243 g/mol. The zero-order valence-electron chi connectivity index (χ0n) is 9.23. The maximum Gasteiger partial charge on any atom is 0.252 e. The second-order valence-electron chi connectivity index (χ2n) is 3.92. The summed E-state index contributed by atoms with van der Waals surface area (Å²) in [5, 5.41) is 0.321. The number of rotatable bonds is 3. The first kappa shape index (κ1) is 11.6. The summed E-state index contributed by atoms with van der Waals surface area (Å²) in [6, 6.07) is 0. The van der Waals surface area contributed by atoms with Crippen LogP contribution in [0.5, 0.6) is 5.88 Å². The number of halogens is 1. The second kappa shape index (κ2) is 5.46. The molecule has 88 valence electrons. The highest BCUT2D eigenvalue weighted by Gasteiger charge is 2.24. The molecule has 1 aromatic heterocycles. The molecule has 1 saturated carbocycles. The lowest BCUT2D eigenvalue weighted by atomic mass is 9.95. The SMILES string of the molecule is COC1CCCC(Oc2nccnc2Cl)C1. The summed E-state index contributed by atoms with van der Waals surface area (Å²) in [5.41, 5.74) is 0.